The van der Waals surface area contributed by atoms with Gasteiger partial charge in [-0.1, -0.05) is 30.3 Å². The van der Waals surface area contributed by atoms with Gasteiger partial charge in [0.1, 0.15) is 11.6 Å². The topological polar surface area (TPSA) is 78.3 Å². The molecule has 1 aliphatic heterocycles. The Bertz CT molecular complexity index is 1070. The molecule has 0 spiro atoms. The Balaban J connectivity index is 1.62. The van der Waals surface area contributed by atoms with Crippen LogP contribution in [0.25, 0.3) is 0 Å². The summed E-state index contributed by atoms with van der Waals surface area (Å²) in [5, 5.41) is 6.96. The first-order chi connectivity index (χ1) is 15.1. The number of aromatic nitrogens is 3. The Morgan fingerprint density at radius 1 is 0.968 bits per heavy atom. The van der Waals surface area contributed by atoms with Gasteiger partial charge in [-0.25, -0.2) is 14.2 Å². The average Bonchev–Trinajstić information content (AvgIpc) is 2.77. The van der Waals surface area contributed by atoms with Gasteiger partial charge in [-0.05, 0) is 44.4 Å². The van der Waals surface area contributed by atoms with Crippen molar-refractivity contribution in [2.24, 2.45) is 5.10 Å². The number of hydrogen-bond acceptors (Lipinski definition) is 7. The molecule has 0 bridgehead atoms. The number of hydrazone groups is 1. The lowest BCUT2D eigenvalue weighted by Crippen LogP contribution is -2.38. The van der Waals surface area contributed by atoms with E-state index in [0.717, 1.165) is 25.8 Å². The molecule has 0 aliphatic carbocycles. The van der Waals surface area contributed by atoms with Crippen LogP contribution in [0.3, 0.4) is 0 Å². The first-order valence-electron chi connectivity index (χ1n) is 10.2. The van der Waals surface area contributed by atoms with Crippen molar-refractivity contribution in [3.8, 4) is 0 Å². The monoisotopic (exact) mass is 423 g/mol. The second-order valence-electron chi connectivity index (χ2n) is 7.32. The molecule has 3 aromatic rings. The van der Waals surface area contributed by atoms with Crippen molar-refractivity contribution in [1.29, 1.82) is 0 Å². The highest BCUT2D eigenvalue weighted by Gasteiger charge is 2.22. The zero-order chi connectivity index (χ0) is 21.6. The van der Waals surface area contributed by atoms with Gasteiger partial charge < -0.3 is 10.2 Å². The Labute approximate surface area is 179 Å². The van der Waals surface area contributed by atoms with Crippen molar-refractivity contribution in [3.05, 3.63) is 65.7 Å². The molecule has 1 saturated heterocycles. The first-order valence-corrected chi connectivity index (χ1v) is 10.2. The number of halogens is 2. The molecule has 0 amide bonds. The van der Waals surface area contributed by atoms with E-state index in [0.29, 0.717) is 11.5 Å². The summed E-state index contributed by atoms with van der Waals surface area (Å²) < 4.78 is 27.9. The molecule has 1 aromatic heterocycles. The van der Waals surface area contributed by atoms with Gasteiger partial charge in [0.2, 0.25) is 17.8 Å². The minimum atomic E-state index is -0.414. The molecule has 7 nitrogen and oxygen atoms in total. The Kier molecular flexibility index (Phi) is 6.30. The van der Waals surface area contributed by atoms with E-state index < -0.39 is 5.82 Å². The molecule has 160 valence electrons. The fourth-order valence-electron chi connectivity index (χ4n) is 3.42. The zero-order valence-corrected chi connectivity index (χ0v) is 17.1. The number of hydrogen-bond donors (Lipinski definition) is 2. The summed E-state index contributed by atoms with van der Waals surface area (Å²) in [5.74, 6) is 0.0478. The molecule has 1 atom stereocenters. The summed E-state index contributed by atoms with van der Waals surface area (Å²) in [5.41, 5.74) is 3.32. The van der Waals surface area contributed by atoms with Crippen molar-refractivity contribution in [2.45, 2.75) is 32.2 Å². The summed E-state index contributed by atoms with van der Waals surface area (Å²) in [7, 11) is 0. The molecule has 2 N–H and O–H groups in total. The third-order valence-electron chi connectivity index (χ3n) is 5.08. The summed E-state index contributed by atoms with van der Waals surface area (Å²) in [6.07, 6.45) is 4.59. The maximum atomic E-state index is 14.1. The second-order valence-corrected chi connectivity index (χ2v) is 7.32. The minimum Gasteiger partial charge on any atom is -0.338 e. The molecule has 2 aromatic carbocycles. The summed E-state index contributed by atoms with van der Waals surface area (Å²) >= 11 is 0. The number of nitrogens with zero attached hydrogens (tertiary/aromatic N) is 5. The van der Waals surface area contributed by atoms with Crippen LogP contribution in [-0.2, 0) is 0 Å². The molecule has 1 aliphatic rings. The van der Waals surface area contributed by atoms with Gasteiger partial charge in [-0.15, -0.1) is 0 Å². The van der Waals surface area contributed by atoms with Crippen LogP contribution in [0.4, 0.5) is 32.3 Å². The van der Waals surface area contributed by atoms with Crippen LogP contribution in [0.1, 0.15) is 31.7 Å². The van der Waals surface area contributed by atoms with Crippen LogP contribution in [0.5, 0.6) is 0 Å². The normalized spacial score (nSPS) is 16.5. The number of rotatable bonds is 6. The number of piperidine rings is 1. The van der Waals surface area contributed by atoms with Gasteiger partial charge in [0.15, 0.2) is 0 Å². The van der Waals surface area contributed by atoms with Crippen LogP contribution in [0.2, 0.25) is 0 Å². The smallest absolute Gasteiger partial charge is 0.250 e. The molecule has 0 saturated carbocycles. The SMILES string of the molecule is CC1CCCCN1c1nc(NN=Cc2ccccc2F)nc(Nc2ccccc2F)n1. The van der Waals surface area contributed by atoms with Crippen molar-refractivity contribution in [3.63, 3.8) is 0 Å². The number of anilines is 4. The molecule has 9 heteroatoms. The summed E-state index contributed by atoms with van der Waals surface area (Å²) in [6.45, 7) is 2.94. The zero-order valence-electron chi connectivity index (χ0n) is 17.1. The Morgan fingerprint density at radius 2 is 1.71 bits per heavy atom. The summed E-state index contributed by atoms with van der Waals surface area (Å²) in [6, 6.07) is 12.9. The van der Waals surface area contributed by atoms with E-state index in [4.69, 9.17) is 0 Å². The van der Waals surface area contributed by atoms with E-state index in [-0.39, 0.29) is 29.4 Å². The largest absolute Gasteiger partial charge is 0.338 e. The van der Waals surface area contributed by atoms with Crippen molar-refractivity contribution in [1.82, 2.24) is 15.0 Å². The second kappa shape index (κ2) is 9.46. The predicted molar refractivity (Wildman–Crippen MR) is 118 cm³/mol. The highest BCUT2D eigenvalue weighted by atomic mass is 19.1. The molecule has 4 rings (SSSR count). The molecule has 1 unspecified atom stereocenters. The van der Waals surface area contributed by atoms with Crippen LogP contribution in [-0.4, -0.2) is 33.8 Å². The molecule has 1 fully saturated rings. The van der Waals surface area contributed by atoms with Gasteiger partial charge in [0.05, 0.1) is 11.9 Å². The van der Waals surface area contributed by atoms with Gasteiger partial charge in [0.25, 0.3) is 0 Å². The van der Waals surface area contributed by atoms with E-state index in [1.54, 1.807) is 36.4 Å². The number of benzene rings is 2. The standard InChI is InChI=1S/C22H23F2N7/c1-15-8-6-7-13-31(15)22-28-20(26-19-12-5-4-11-18(19)24)27-21(29-22)30-25-14-16-9-2-3-10-17(16)23/h2-5,9-12,14-15H,6-8,13H2,1H3,(H2,26,27,28,29,30). The molecule has 0 radical (unpaired) electrons. The van der Waals surface area contributed by atoms with E-state index in [1.807, 2.05) is 0 Å². The number of nitrogens with one attached hydrogen (secondary N) is 2. The van der Waals surface area contributed by atoms with Gasteiger partial charge in [-0.3, -0.25) is 0 Å². The van der Waals surface area contributed by atoms with Crippen LogP contribution in [0, 0.1) is 11.6 Å². The van der Waals surface area contributed by atoms with Crippen molar-refractivity contribution in [2.75, 3.05) is 22.2 Å². The predicted octanol–water partition coefficient (Wildman–Crippen LogP) is 4.72. The minimum absolute atomic E-state index is 0.175. The van der Waals surface area contributed by atoms with E-state index in [2.05, 4.69) is 42.6 Å². The maximum Gasteiger partial charge on any atom is 0.250 e. The number of para-hydroxylation sites is 1. The first kappa shape index (κ1) is 20.6. The lowest BCUT2D eigenvalue weighted by molar-refractivity contribution is 0.477. The molecular weight excluding hydrogens is 400 g/mol. The van der Waals surface area contributed by atoms with E-state index >= 15 is 0 Å². The highest BCUT2D eigenvalue weighted by Crippen LogP contribution is 2.25. The lowest BCUT2D eigenvalue weighted by Gasteiger charge is -2.33. The molecular formula is C22H23F2N7. The fourth-order valence-corrected chi connectivity index (χ4v) is 3.42. The van der Waals surface area contributed by atoms with Gasteiger partial charge in [0, 0.05) is 18.2 Å². The van der Waals surface area contributed by atoms with Crippen molar-refractivity contribution < 1.29 is 8.78 Å². The van der Waals surface area contributed by atoms with Crippen LogP contribution < -0.4 is 15.6 Å². The Morgan fingerprint density at radius 3 is 2.48 bits per heavy atom. The van der Waals surface area contributed by atoms with Crippen LogP contribution in [0.15, 0.2) is 53.6 Å². The van der Waals surface area contributed by atoms with Gasteiger partial charge >= 0.3 is 0 Å². The average molecular weight is 423 g/mol. The summed E-state index contributed by atoms with van der Waals surface area (Å²) in [4.78, 5) is 15.4. The van der Waals surface area contributed by atoms with Crippen LogP contribution >= 0.6 is 0 Å². The fraction of sp³-hybridized carbons (Fsp3) is 0.273. The Hall–Kier alpha value is -3.62. The lowest BCUT2D eigenvalue weighted by atomic mass is 10.0. The highest BCUT2D eigenvalue weighted by molar-refractivity contribution is 5.80. The third-order valence-corrected chi connectivity index (χ3v) is 5.08. The third kappa shape index (κ3) is 5.11. The van der Waals surface area contributed by atoms with E-state index in [1.165, 1.54) is 18.3 Å². The van der Waals surface area contributed by atoms with E-state index in [9.17, 15) is 8.78 Å². The quantitative estimate of drug-likeness (QED) is 0.441. The maximum absolute atomic E-state index is 14.1. The van der Waals surface area contributed by atoms with Gasteiger partial charge in [-0.2, -0.15) is 20.1 Å². The molecule has 31 heavy (non-hydrogen) atoms. The molecule has 2 heterocycles. The van der Waals surface area contributed by atoms with Crippen molar-refractivity contribution >= 4 is 29.7 Å².